The molecule has 0 heterocycles. The molecule has 0 radical (unpaired) electrons. The molecular weight excluding hydrogens is 328 g/mol. The van der Waals surface area contributed by atoms with Crippen LogP contribution >= 0.6 is 0 Å². The number of rotatable bonds is 10. The van der Waals surface area contributed by atoms with Crippen LogP contribution in [0.1, 0.15) is 80.1 Å². The predicted octanol–water partition coefficient (Wildman–Crippen LogP) is 5.39. The first kappa shape index (κ1) is 22.1. The van der Waals surface area contributed by atoms with Crippen molar-refractivity contribution >= 4 is 0 Å². The van der Waals surface area contributed by atoms with Crippen LogP contribution in [0.15, 0.2) is 0 Å². The summed E-state index contributed by atoms with van der Waals surface area (Å²) in [6.45, 7) is 14.2. The lowest BCUT2D eigenvalue weighted by atomic mass is 9.69. The number of fused-ring (bicyclic) bond motifs is 1. The van der Waals surface area contributed by atoms with Crippen molar-refractivity contribution in [3.8, 4) is 0 Å². The van der Waals surface area contributed by atoms with Crippen LogP contribution in [0.4, 0.5) is 0 Å². The van der Waals surface area contributed by atoms with E-state index in [4.69, 9.17) is 18.9 Å². The molecule has 154 valence electrons. The molecule has 0 saturated heterocycles. The fraction of sp³-hybridized carbons (Fsp3) is 1.00. The predicted molar refractivity (Wildman–Crippen MR) is 105 cm³/mol. The van der Waals surface area contributed by atoms with Gasteiger partial charge in [-0.15, -0.1) is 0 Å². The Morgan fingerprint density at radius 2 is 1.04 bits per heavy atom. The van der Waals surface area contributed by atoms with Crippen molar-refractivity contribution in [3.63, 3.8) is 0 Å². The van der Waals surface area contributed by atoms with E-state index in [2.05, 4.69) is 27.7 Å². The molecule has 6 unspecified atom stereocenters. The first-order chi connectivity index (χ1) is 12.3. The Morgan fingerprint density at radius 3 is 1.38 bits per heavy atom. The Hall–Kier alpha value is -0.160. The van der Waals surface area contributed by atoms with Gasteiger partial charge in [-0.25, -0.2) is 0 Å². The summed E-state index contributed by atoms with van der Waals surface area (Å²) >= 11 is 0. The van der Waals surface area contributed by atoms with Crippen LogP contribution in [-0.4, -0.2) is 38.0 Å². The molecule has 0 aromatic heterocycles. The maximum absolute atomic E-state index is 6.33. The average Bonchev–Trinajstić information content (AvgIpc) is 2.58. The van der Waals surface area contributed by atoms with E-state index in [1.165, 1.54) is 25.7 Å². The van der Waals surface area contributed by atoms with Gasteiger partial charge in [-0.1, -0.05) is 53.4 Å². The zero-order valence-electron chi connectivity index (χ0n) is 17.9. The van der Waals surface area contributed by atoms with Crippen molar-refractivity contribution < 1.29 is 18.9 Å². The van der Waals surface area contributed by atoms with Gasteiger partial charge in [0.25, 0.3) is 0 Å². The quantitative estimate of drug-likeness (QED) is 0.483. The summed E-state index contributed by atoms with van der Waals surface area (Å²) in [4.78, 5) is 0. The second-order valence-corrected chi connectivity index (χ2v) is 9.21. The van der Waals surface area contributed by atoms with Gasteiger partial charge in [0.05, 0.1) is 25.4 Å². The van der Waals surface area contributed by atoms with Gasteiger partial charge in [0.15, 0.2) is 12.6 Å². The van der Waals surface area contributed by atoms with Crippen LogP contribution in [0.25, 0.3) is 0 Å². The average molecular weight is 371 g/mol. The smallest absolute Gasteiger partial charge is 0.155 e. The SMILES string of the molecule is CC(C)COC(C)OC1CC2CCCCC2CC1OC(C)OCC(C)C. The fourth-order valence-electron chi connectivity index (χ4n) is 4.32. The van der Waals surface area contributed by atoms with Crippen molar-refractivity contribution in [3.05, 3.63) is 0 Å². The lowest BCUT2D eigenvalue weighted by Crippen LogP contribution is -2.46. The molecule has 2 fully saturated rings. The molecule has 4 nitrogen and oxygen atoms in total. The van der Waals surface area contributed by atoms with Crippen LogP contribution in [0, 0.1) is 23.7 Å². The lowest BCUT2D eigenvalue weighted by molar-refractivity contribution is -0.247. The molecule has 0 aromatic rings. The largest absolute Gasteiger partial charge is 0.353 e. The third kappa shape index (κ3) is 7.46. The molecule has 26 heavy (non-hydrogen) atoms. The number of ether oxygens (including phenoxy) is 4. The summed E-state index contributed by atoms with van der Waals surface area (Å²) < 4.78 is 24.4. The minimum atomic E-state index is -0.180. The molecule has 2 saturated carbocycles. The van der Waals surface area contributed by atoms with Crippen LogP contribution in [0.2, 0.25) is 0 Å². The molecule has 2 rings (SSSR count). The van der Waals surface area contributed by atoms with E-state index in [0.29, 0.717) is 11.8 Å². The zero-order chi connectivity index (χ0) is 19.1. The van der Waals surface area contributed by atoms with Crippen molar-refractivity contribution in [2.75, 3.05) is 13.2 Å². The van der Waals surface area contributed by atoms with Gasteiger partial charge in [-0.05, 0) is 50.4 Å². The van der Waals surface area contributed by atoms with Crippen molar-refractivity contribution in [1.82, 2.24) is 0 Å². The standard InChI is InChI=1S/C22H42O4/c1-15(2)13-23-17(5)25-21-11-19-9-7-8-10-20(19)12-22(21)26-18(6)24-14-16(3)4/h15-22H,7-14H2,1-6H3. The summed E-state index contributed by atoms with van der Waals surface area (Å²) in [6.07, 6.45) is 7.49. The van der Waals surface area contributed by atoms with Crippen LogP contribution in [0.5, 0.6) is 0 Å². The number of hydrogen-bond donors (Lipinski definition) is 0. The summed E-state index contributed by atoms with van der Waals surface area (Å²) in [5, 5.41) is 0. The van der Waals surface area contributed by atoms with E-state index in [9.17, 15) is 0 Å². The summed E-state index contributed by atoms with van der Waals surface area (Å²) in [5.41, 5.74) is 0. The highest BCUT2D eigenvalue weighted by atomic mass is 16.7. The Bertz CT molecular complexity index is 348. The van der Waals surface area contributed by atoms with Gasteiger partial charge in [0.1, 0.15) is 0 Å². The highest BCUT2D eigenvalue weighted by Crippen LogP contribution is 2.43. The van der Waals surface area contributed by atoms with Gasteiger partial charge in [0.2, 0.25) is 0 Å². The van der Waals surface area contributed by atoms with Crippen LogP contribution < -0.4 is 0 Å². The van der Waals surface area contributed by atoms with Crippen molar-refractivity contribution in [1.29, 1.82) is 0 Å². The maximum atomic E-state index is 6.33. The number of hydrogen-bond acceptors (Lipinski definition) is 4. The summed E-state index contributed by atoms with van der Waals surface area (Å²) in [6, 6.07) is 0. The highest BCUT2D eigenvalue weighted by molar-refractivity contribution is 4.89. The molecule has 6 atom stereocenters. The van der Waals surface area contributed by atoms with E-state index in [1.807, 2.05) is 13.8 Å². The van der Waals surface area contributed by atoms with Crippen LogP contribution in [0.3, 0.4) is 0 Å². The maximum Gasteiger partial charge on any atom is 0.155 e. The van der Waals surface area contributed by atoms with Gasteiger partial charge >= 0.3 is 0 Å². The molecule has 0 aliphatic heterocycles. The van der Waals surface area contributed by atoms with Gasteiger partial charge in [0, 0.05) is 0 Å². The summed E-state index contributed by atoms with van der Waals surface area (Å²) in [5.74, 6) is 2.62. The molecule has 4 heteroatoms. The molecule has 0 bridgehead atoms. The molecule has 0 aromatic carbocycles. The molecule has 0 amide bonds. The fourth-order valence-corrected chi connectivity index (χ4v) is 4.32. The van der Waals surface area contributed by atoms with Crippen molar-refractivity contribution in [2.24, 2.45) is 23.7 Å². The minimum absolute atomic E-state index is 0.113. The second kappa shape index (κ2) is 11.0. The van der Waals surface area contributed by atoms with Crippen molar-refractivity contribution in [2.45, 2.75) is 105 Å². The Morgan fingerprint density at radius 1 is 0.654 bits per heavy atom. The topological polar surface area (TPSA) is 36.9 Å². The van der Waals surface area contributed by atoms with Crippen LogP contribution in [-0.2, 0) is 18.9 Å². The first-order valence-corrected chi connectivity index (χ1v) is 10.9. The monoisotopic (exact) mass is 370 g/mol. The third-order valence-electron chi connectivity index (χ3n) is 5.61. The van der Waals surface area contributed by atoms with E-state index >= 15 is 0 Å². The molecule has 2 aliphatic carbocycles. The van der Waals surface area contributed by atoms with Gasteiger partial charge in [-0.3, -0.25) is 0 Å². The third-order valence-corrected chi connectivity index (χ3v) is 5.61. The normalized spacial score (nSPS) is 31.8. The molecule has 2 aliphatic rings. The van der Waals surface area contributed by atoms with Gasteiger partial charge < -0.3 is 18.9 Å². The van der Waals surface area contributed by atoms with Gasteiger partial charge in [-0.2, -0.15) is 0 Å². The zero-order valence-corrected chi connectivity index (χ0v) is 17.9. The van der Waals surface area contributed by atoms with E-state index in [-0.39, 0.29) is 24.8 Å². The lowest BCUT2D eigenvalue weighted by Gasteiger charge is -2.44. The Kier molecular flexibility index (Phi) is 9.36. The van der Waals surface area contributed by atoms with E-state index < -0.39 is 0 Å². The molecular formula is C22H42O4. The molecule has 0 N–H and O–H groups in total. The second-order valence-electron chi connectivity index (χ2n) is 9.21. The highest BCUT2D eigenvalue weighted by Gasteiger charge is 2.40. The van der Waals surface area contributed by atoms with E-state index in [0.717, 1.165) is 37.9 Å². The summed E-state index contributed by atoms with van der Waals surface area (Å²) in [7, 11) is 0. The van der Waals surface area contributed by atoms with E-state index in [1.54, 1.807) is 0 Å². The Balaban J connectivity index is 1.92. The Labute approximate surface area is 161 Å². The minimum Gasteiger partial charge on any atom is -0.353 e. The first-order valence-electron chi connectivity index (χ1n) is 10.9. The molecule has 0 spiro atoms.